The lowest BCUT2D eigenvalue weighted by Gasteiger charge is -2.22. The van der Waals surface area contributed by atoms with Crippen LogP contribution in [0.1, 0.15) is 66.6 Å². The zero-order chi connectivity index (χ0) is 27.9. The van der Waals surface area contributed by atoms with Gasteiger partial charge in [0.2, 0.25) is 5.78 Å². The molecule has 0 spiro atoms. The minimum Gasteiger partial charge on any atom is -0.367 e. The summed E-state index contributed by atoms with van der Waals surface area (Å²) >= 11 is 1.84. The second-order valence-corrected chi connectivity index (χ2v) is 12.9. The Kier molecular flexibility index (Phi) is 7.78. The molecule has 10 nitrogen and oxygen atoms in total. The van der Waals surface area contributed by atoms with E-state index in [0.717, 1.165) is 4.88 Å². The summed E-state index contributed by atoms with van der Waals surface area (Å²) in [7, 11) is -4.02. The largest absolute Gasteiger partial charge is 0.443 e. The molecule has 5 rings (SSSR count). The molecule has 3 aromatic heterocycles. The van der Waals surface area contributed by atoms with Crippen LogP contribution in [0.5, 0.6) is 0 Å². The quantitative estimate of drug-likeness (QED) is 0.365. The predicted octanol–water partition coefficient (Wildman–Crippen LogP) is 4.02. The fourth-order valence-corrected chi connectivity index (χ4v) is 7.13. The van der Waals surface area contributed by atoms with E-state index in [-0.39, 0.29) is 42.2 Å². The average Bonchev–Trinajstić information content (AvgIpc) is 3.60. The second kappa shape index (κ2) is 10.8. The van der Waals surface area contributed by atoms with Gasteiger partial charge in [-0.2, -0.15) is 21.6 Å². The van der Waals surface area contributed by atoms with Gasteiger partial charge in [-0.25, -0.2) is 20.1 Å². The molecule has 3 aromatic rings. The van der Waals surface area contributed by atoms with Crippen molar-refractivity contribution in [1.82, 2.24) is 15.0 Å². The average molecular weight is 604 g/mol. The maximum absolute atomic E-state index is 13.5. The first-order valence-corrected chi connectivity index (χ1v) is 15.1. The van der Waals surface area contributed by atoms with Gasteiger partial charge in [-0.1, -0.05) is 0 Å². The Morgan fingerprint density at radius 3 is 2.85 bits per heavy atom. The molecular weight excluding hydrogens is 579 g/mol. The molecule has 3 N–H and O–H groups in total. The van der Waals surface area contributed by atoms with Crippen molar-refractivity contribution in [3.63, 3.8) is 0 Å². The molecule has 39 heavy (non-hydrogen) atoms. The third-order valence-corrected chi connectivity index (χ3v) is 9.31. The predicted molar refractivity (Wildman–Crippen MR) is 137 cm³/mol. The highest BCUT2D eigenvalue weighted by Gasteiger charge is 2.39. The second-order valence-electron chi connectivity index (χ2n) is 9.36. The van der Waals surface area contributed by atoms with Gasteiger partial charge in [-0.15, -0.1) is 22.7 Å². The van der Waals surface area contributed by atoms with Crippen molar-refractivity contribution in [3.8, 4) is 0 Å². The zero-order valence-corrected chi connectivity index (χ0v) is 23.0. The van der Waals surface area contributed by atoms with E-state index in [0.29, 0.717) is 58.2 Å². The summed E-state index contributed by atoms with van der Waals surface area (Å²) in [5.41, 5.74) is 1.09. The lowest BCUT2D eigenvalue weighted by Crippen LogP contribution is -2.22. The molecule has 1 aliphatic heterocycles. The number of nitrogens with two attached hydrogens (primary N) is 1. The number of carbonyl (C=O) groups is 1. The fraction of sp³-hybridized carbons (Fsp3) is 0.478. The highest BCUT2D eigenvalue weighted by atomic mass is 32.2. The number of halogens is 3. The first-order chi connectivity index (χ1) is 18.4. The Labute approximate surface area is 230 Å². The highest BCUT2D eigenvalue weighted by Crippen LogP contribution is 2.43. The summed E-state index contributed by atoms with van der Waals surface area (Å²) in [6.07, 6.45) is -0.224. The number of ketones is 1. The van der Waals surface area contributed by atoms with Crippen LogP contribution in [0.25, 0.3) is 0 Å². The van der Waals surface area contributed by atoms with Gasteiger partial charge in [-0.3, -0.25) is 8.98 Å². The third kappa shape index (κ3) is 6.30. The highest BCUT2D eigenvalue weighted by molar-refractivity contribution is 7.84. The van der Waals surface area contributed by atoms with E-state index in [1.165, 1.54) is 23.9 Å². The van der Waals surface area contributed by atoms with E-state index in [1.54, 1.807) is 13.0 Å². The number of thiophene rings is 1. The number of nitrogens with zero attached hydrogens (tertiary/aromatic N) is 3. The molecule has 4 heterocycles. The van der Waals surface area contributed by atoms with Crippen LogP contribution in [-0.2, 0) is 31.8 Å². The number of hydrogen-bond acceptors (Lipinski definition) is 11. The SMILES string of the molecule is Cc1sc(C(=O)c2cncnc2N[C@H]2CC[C@@H](COS(N)(=O)=O)C2)cc1C1OCCc2sc(C(F)(F)F)nc21. The Bertz CT molecular complexity index is 1490. The lowest BCUT2D eigenvalue weighted by atomic mass is 10.0. The molecule has 1 saturated carbocycles. The zero-order valence-electron chi connectivity index (χ0n) is 20.5. The van der Waals surface area contributed by atoms with E-state index in [9.17, 15) is 26.4 Å². The van der Waals surface area contributed by atoms with Crippen LogP contribution in [-0.4, -0.2) is 48.4 Å². The molecule has 0 aromatic carbocycles. The summed E-state index contributed by atoms with van der Waals surface area (Å²) < 4.78 is 72.5. The van der Waals surface area contributed by atoms with E-state index in [2.05, 4.69) is 20.3 Å². The summed E-state index contributed by atoms with van der Waals surface area (Å²) in [6.45, 7) is 2.02. The van der Waals surface area contributed by atoms with Gasteiger partial charge in [0.1, 0.15) is 18.2 Å². The maximum atomic E-state index is 13.5. The van der Waals surface area contributed by atoms with Crippen molar-refractivity contribution < 1.29 is 35.3 Å². The molecule has 0 bridgehead atoms. The number of aromatic nitrogens is 3. The summed E-state index contributed by atoms with van der Waals surface area (Å²) in [5, 5.41) is 7.26. The summed E-state index contributed by atoms with van der Waals surface area (Å²) in [5.74, 6) is -0.0192. The molecular formula is C23H24F3N5O5S3. The number of aryl methyl sites for hydroxylation is 1. The van der Waals surface area contributed by atoms with Crippen LogP contribution < -0.4 is 10.5 Å². The van der Waals surface area contributed by atoms with Gasteiger partial charge >= 0.3 is 16.5 Å². The lowest BCUT2D eigenvalue weighted by molar-refractivity contribution is -0.137. The van der Waals surface area contributed by atoms with E-state index >= 15 is 0 Å². The first kappa shape index (κ1) is 28.0. The van der Waals surface area contributed by atoms with Gasteiger partial charge < -0.3 is 10.1 Å². The normalized spacial score (nSPS) is 21.6. The molecule has 1 fully saturated rings. The number of alkyl halides is 3. The number of ether oxygens (including phenoxy) is 1. The van der Waals surface area contributed by atoms with Crippen molar-refractivity contribution in [2.75, 3.05) is 18.5 Å². The van der Waals surface area contributed by atoms with Gasteiger partial charge in [0.25, 0.3) is 0 Å². The Morgan fingerprint density at radius 2 is 2.10 bits per heavy atom. The molecule has 210 valence electrons. The van der Waals surface area contributed by atoms with Gasteiger partial charge in [0.15, 0.2) is 5.01 Å². The molecule has 1 aliphatic carbocycles. The monoisotopic (exact) mass is 603 g/mol. The molecule has 1 unspecified atom stereocenters. The van der Waals surface area contributed by atoms with Gasteiger partial charge in [-0.05, 0) is 38.2 Å². The van der Waals surface area contributed by atoms with Gasteiger partial charge in [0.05, 0.1) is 29.3 Å². The molecule has 2 aliphatic rings. The van der Waals surface area contributed by atoms with Crippen molar-refractivity contribution in [1.29, 1.82) is 0 Å². The Balaban J connectivity index is 1.34. The number of thiazole rings is 1. The molecule has 0 saturated heterocycles. The Morgan fingerprint density at radius 1 is 1.31 bits per heavy atom. The van der Waals surface area contributed by atoms with E-state index in [4.69, 9.17) is 14.1 Å². The van der Waals surface area contributed by atoms with Crippen LogP contribution in [0.2, 0.25) is 0 Å². The van der Waals surface area contributed by atoms with E-state index in [1.807, 2.05) is 0 Å². The van der Waals surface area contributed by atoms with Crippen molar-refractivity contribution in [3.05, 3.63) is 55.1 Å². The minimum atomic E-state index is -4.54. The standard InChI is InChI=1S/C23H24F3N5O5S3/c1-11-14(20-18-16(4-5-35-20)38-22(31-18)23(24,25)26)7-17(37-11)19(32)15-8-28-10-29-21(15)30-13-3-2-12(6-13)9-36-39(27,33)34/h7-8,10,12-13,20H,2-6,9H2,1H3,(H2,27,33,34)(H,28,29,30)/t12-,13+,20?/m1/s1. The minimum absolute atomic E-state index is 0.0156. The molecule has 16 heteroatoms. The fourth-order valence-electron chi connectivity index (χ4n) is 4.81. The van der Waals surface area contributed by atoms with Crippen LogP contribution in [0.3, 0.4) is 0 Å². The molecule has 0 radical (unpaired) electrons. The van der Waals surface area contributed by atoms with Crippen LogP contribution in [0.4, 0.5) is 19.0 Å². The van der Waals surface area contributed by atoms with E-state index < -0.39 is 27.6 Å². The van der Waals surface area contributed by atoms with Crippen molar-refractivity contribution in [2.24, 2.45) is 11.1 Å². The third-order valence-electron chi connectivity index (χ3n) is 6.60. The summed E-state index contributed by atoms with van der Waals surface area (Å²) in [4.78, 5) is 27.3. The number of rotatable bonds is 8. The van der Waals surface area contributed by atoms with Crippen LogP contribution in [0.15, 0.2) is 18.6 Å². The molecule has 3 atom stereocenters. The van der Waals surface area contributed by atoms with Crippen LogP contribution >= 0.6 is 22.7 Å². The molecule has 0 amide bonds. The topological polar surface area (TPSA) is 146 Å². The number of carbonyl (C=O) groups excluding carboxylic acids is 1. The number of anilines is 1. The van der Waals surface area contributed by atoms with Gasteiger partial charge in [0, 0.05) is 34.0 Å². The van der Waals surface area contributed by atoms with Crippen molar-refractivity contribution >= 4 is 44.6 Å². The number of fused-ring (bicyclic) bond motifs is 1. The van der Waals surface area contributed by atoms with Crippen LogP contribution in [0, 0.1) is 12.8 Å². The summed E-state index contributed by atoms with van der Waals surface area (Å²) in [6, 6.07) is 1.57. The van der Waals surface area contributed by atoms with Crippen molar-refractivity contribution in [2.45, 2.75) is 50.9 Å². The Hall–Kier alpha value is -2.50. The number of hydrogen-bond donors (Lipinski definition) is 2. The number of nitrogens with one attached hydrogen (secondary N) is 1. The first-order valence-electron chi connectivity index (χ1n) is 12.0. The maximum Gasteiger partial charge on any atom is 0.443 e. The smallest absolute Gasteiger partial charge is 0.367 e.